The SMILES string of the molecule is Cc1ccc2c(c1)sc1c3ccc(C)cc3n(C)c21. The molecule has 0 radical (unpaired) electrons. The second-order valence-corrected chi connectivity index (χ2v) is 6.41. The van der Waals surface area contributed by atoms with Crippen LogP contribution in [0.1, 0.15) is 11.1 Å². The number of hydrogen-bond donors (Lipinski definition) is 0. The van der Waals surface area contributed by atoms with Crippen molar-refractivity contribution < 1.29 is 0 Å². The van der Waals surface area contributed by atoms with Crippen molar-refractivity contribution in [3.63, 3.8) is 0 Å². The molecule has 0 unspecified atom stereocenters. The molecule has 1 nitrogen and oxygen atoms in total. The molecule has 0 aliphatic heterocycles. The van der Waals surface area contributed by atoms with Crippen LogP contribution in [0.15, 0.2) is 36.4 Å². The van der Waals surface area contributed by atoms with Gasteiger partial charge in [0.2, 0.25) is 0 Å². The minimum Gasteiger partial charge on any atom is -0.342 e. The molecule has 4 aromatic rings. The van der Waals surface area contributed by atoms with E-state index in [4.69, 9.17) is 0 Å². The van der Waals surface area contributed by atoms with E-state index in [9.17, 15) is 0 Å². The van der Waals surface area contributed by atoms with E-state index >= 15 is 0 Å². The average molecular weight is 265 g/mol. The third kappa shape index (κ3) is 1.41. The van der Waals surface area contributed by atoms with Crippen LogP contribution in [0.2, 0.25) is 0 Å². The molecule has 0 saturated heterocycles. The average Bonchev–Trinajstić information content (AvgIpc) is 2.86. The zero-order valence-corrected chi connectivity index (χ0v) is 12.1. The van der Waals surface area contributed by atoms with Crippen molar-refractivity contribution in [2.75, 3.05) is 0 Å². The summed E-state index contributed by atoms with van der Waals surface area (Å²) in [5, 5.41) is 2.75. The standard InChI is InChI=1S/C17H15NS/c1-10-4-6-12-14(8-10)18(3)16-13-7-5-11(2)9-15(13)19-17(12)16/h4-9H,1-3H3. The van der Waals surface area contributed by atoms with Crippen LogP contribution in [0.3, 0.4) is 0 Å². The minimum atomic E-state index is 1.32. The molecule has 0 spiro atoms. The summed E-state index contributed by atoms with van der Waals surface area (Å²) in [4.78, 5) is 0. The Morgan fingerprint density at radius 2 is 1.58 bits per heavy atom. The number of nitrogens with zero attached hydrogens (tertiary/aromatic N) is 1. The number of aryl methyl sites for hydroxylation is 3. The maximum absolute atomic E-state index is 2.34. The van der Waals surface area contributed by atoms with E-state index in [0.29, 0.717) is 0 Å². The van der Waals surface area contributed by atoms with E-state index in [1.54, 1.807) is 0 Å². The maximum Gasteiger partial charge on any atom is 0.0678 e. The van der Waals surface area contributed by atoms with Gasteiger partial charge in [-0.1, -0.05) is 24.3 Å². The lowest BCUT2D eigenvalue weighted by Crippen LogP contribution is -1.87. The Morgan fingerprint density at radius 1 is 0.895 bits per heavy atom. The normalized spacial score (nSPS) is 11.9. The number of fused-ring (bicyclic) bond motifs is 5. The minimum absolute atomic E-state index is 1.32. The van der Waals surface area contributed by atoms with Gasteiger partial charge in [-0.3, -0.25) is 0 Å². The molecule has 19 heavy (non-hydrogen) atoms. The van der Waals surface area contributed by atoms with E-state index in [1.165, 1.54) is 42.3 Å². The van der Waals surface area contributed by atoms with Crippen molar-refractivity contribution in [1.29, 1.82) is 0 Å². The van der Waals surface area contributed by atoms with Gasteiger partial charge in [-0.15, -0.1) is 11.3 Å². The Balaban J connectivity index is 2.29. The van der Waals surface area contributed by atoms with Gasteiger partial charge in [0.15, 0.2) is 0 Å². The third-order valence-electron chi connectivity index (χ3n) is 3.91. The van der Waals surface area contributed by atoms with Crippen molar-refractivity contribution in [2.45, 2.75) is 13.8 Å². The van der Waals surface area contributed by atoms with E-state index in [0.717, 1.165) is 0 Å². The molecule has 0 aliphatic carbocycles. The summed E-state index contributed by atoms with van der Waals surface area (Å²) in [6, 6.07) is 13.5. The molecule has 4 rings (SSSR count). The summed E-state index contributed by atoms with van der Waals surface area (Å²) < 4.78 is 5.15. The molecule has 2 aromatic carbocycles. The Bertz CT molecular complexity index is 934. The summed E-state index contributed by atoms with van der Waals surface area (Å²) in [7, 11) is 2.18. The highest BCUT2D eigenvalue weighted by Crippen LogP contribution is 2.40. The molecule has 0 aliphatic rings. The molecular formula is C17H15NS. The first kappa shape index (κ1) is 11.1. The molecule has 0 saturated carbocycles. The number of thiophene rings is 1. The van der Waals surface area contributed by atoms with E-state index in [-0.39, 0.29) is 0 Å². The summed E-state index contributed by atoms with van der Waals surface area (Å²) in [6.07, 6.45) is 0. The first-order valence-electron chi connectivity index (χ1n) is 6.53. The Kier molecular flexibility index (Phi) is 2.10. The van der Waals surface area contributed by atoms with Gasteiger partial charge in [-0.25, -0.2) is 0 Å². The van der Waals surface area contributed by atoms with Crippen LogP contribution >= 0.6 is 11.3 Å². The number of rotatable bonds is 0. The van der Waals surface area contributed by atoms with Crippen LogP contribution in [-0.4, -0.2) is 4.57 Å². The predicted octanol–water partition coefficient (Wildman–Crippen LogP) is 5.16. The van der Waals surface area contributed by atoms with Crippen LogP contribution < -0.4 is 0 Å². The second-order valence-electron chi connectivity index (χ2n) is 5.36. The lowest BCUT2D eigenvalue weighted by molar-refractivity contribution is 1.02. The maximum atomic E-state index is 2.34. The largest absolute Gasteiger partial charge is 0.342 e. The van der Waals surface area contributed by atoms with E-state index < -0.39 is 0 Å². The van der Waals surface area contributed by atoms with Crippen molar-refractivity contribution >= 4 is 42.5 Å². The van der Waals surface area contributed by atoms with Gasteiger partial charge >= 0.3 is 0 Å². The van der Waals surface area contributed by atoms with Crippen molar-refractivity contribution in [1.82, 2.24) is 4.57 Å². The Hall–Kier alpha value is -1.80. The molecule has 2 heteroatoms. The summed E-state index contributed by atoms with van der Waals surface area (Å²) in [6.45, 7) is 4.31. The highest BCUT2D eigenvalue weighted by atomic mass is 32.1. The lowest BCUT2D eigenvalue weighted by Gasteiger charge is -2.00. The highest BCUT2D eigenvalue weighted by Gasteiger charge is 2.14. The zero-order valence-electron chi connectivity index (χ0n) is 11.3. The Morgan fingerprint density at radius 3 is 2.37 bits per heavy atom. The van der Waals surface area contributed by atoms with Crippen LogP contribution in [0.5, 0.6) is 0 Å². The summed E-state index contributed by atoms with van der Waals surface area (Å²) >= 11 is 1.91. The molecular weight excluding hydrogens is 250 g/mol. The molecule has 2 heterocycles. The monoisotopic (exact) mass is 265 g/mol. The van der Waals surface area contributed by atoms with Gasteiger partial charge in [0, 0.05) is 28.0 Å². The molecule has 0 fully saturated rings. The quantitative estimate of drug-likeness (QED) is 0.414. The molecule has 2 aromatic heterocycles. The van der Waals surface area contributed by atoms with E-state index in [1.807, 2.05) is 11.3 Å². The number of benzene rings is 2. The third-order valence-corrected chi connectivity index (χ3v) is 5.09. The number of hydrogen-bond acceptors (Lipinski definition) is 1. The topological polar surface area (TPSA) is 4.93 Å². The molecule has 0 amide bonds. The van der Waals surface area contributed by atoms with Crippen LogP contribution in [0.25, 0.3) is 31.2 Å². The van der Waals surface area contributed by atoms with Gasteiger partial charge in [-0.05, 0) is 37.1 Å². The van der Waals surface area contributed by atoms with Crippen LogP contribution in [0.4, 0.5) is 0 Å². The Labute approximate surface area is 116 Å². The molecule has 0 bridgehead atoms. The highest BCUT2D eigenvalue weighted by molar-refractivity contribution is 7.26. The summed E-state index contributed by atoms with van der Waals surface area (Å²) in [5.74, 6) is 0. The smallest absolute Gasteiger partial charge is 0.0678 e. The molecule has 94 valence electrons. The van der Waals surface area contributed by atoms with Gasteiger partial charge in [-0.2, -0.15) is 0 Å². The predicted molar refractivity (Wildman–Crippen MR) is 85.3 cm³/mol. The fourth-order valence-electron chi connectivity index (χ4n) is 2.94. The van der Waals surface area contributed by atoms with Crippen LogP contribution in [-0.2, 0) is 7.05 Å². The van der Waals surface area contributed by atoms with Crippen molar-refractivity contribution in [3.8, 4) is 0 Å². The second kappa shape index (κ2) is 3.61. The fourth-order valence-corrected chi connectivity index (χ4v) is 4.30. The molecule has 0 atom stereocenters. The van der Waals surface area contributed by atoms with Gasteiger partial charge in [0.25, 0.3) is 0 Å². The first-order valence-corrected chi connectivity index (χ1v) is 7.35. The number of aromatic nitrogens is 1. The molecule has 0 N–H and O–H groups in total. The summed E-state index contributed by atoms with van der Waals surface area (Å²) in [5.41, 5.74) is 5.37. The zero-order chi connectivity index (χ0) is 13.1. The van der Waals surface area contributed by atoms with Gasteiger partial charge < -0.3 is 4.57 Å². The van der Waals surface area contributed by atoms with Crippen molar-refractivity contribution in [2.24, 2.45) is 7.05 Å². The van der Waals surface area contributed by atoms with E-state index in [2.05, 4.69) is 61.9 Å². The first-order chi connectivity index (χ1) is 9.15. The van der Waals surface area contributed by atoms with Gasteiger partial charge in [0.1, 0.15) is 0 Å². The van der Waals surface area contributed by atoms with Crippen LogP contribution in [0, 0.1) is 13.8 Å². The lowest BCUT2D eigenvalue weighted by atomic mass is 10.1. The fraction of sp³-hybridized carbons (Fsp3) is 0.176. The van der Waals surface area contributed by atoms with Gasteiger partial charge in [0.05, 0.1) is 10.2 Å². The van der Waals surface area contributed by atoms with Crippen molar-refractivity contribution in [3.05, 3.63) is 47.5 Å².